The molecule has 0 bridgehead atoms. The number of likely N-dealkylation sites (N-methyl/N-ethyl adjacent to an activating group) is 1. The van der Waals surface area contributed by atoms with Gasteiger partial charge in [-0.25, -0.2) is 4.39 Å². The summed E-state index contributed by atoms with van der Waals surface area (Å²) in [4.78, 5) is 8.80. The molecule has 0 atom stereocenters. The molecule has 1 aromatic carbocycles. The minimum Gasteiger partial charge on any atom is -0.367 e. The Bertz CT molecular complexity index is 888. The topological polar surface area (TPSA) is 60.7 Å². The molecule has 7 nitrogen and oxygen atoms in total. The number of rotatable bonds is 6. The summed E-state index contributed by atoms with van der Waals surface area (Å²) < 4.78 is 16.6. The van der Waals surface area contributed by atoms with Gasteiger partial charge in [-0.05, 0) is 38.1 Å². The molecule has 1 aliphatic rings. The smallest absolute Gasteiger partial charge is 0.191 e. The fraction of sp³-hybridized carbons (Fsp3) is 0.545. The fourth-order valence-electron chi connectivity index (χ4n) is 3.87. The highest BCUT2D eigenvalue weighted by atomic mass is 127. The van der Waals surface area contributed by atoms with E-state index in [0.717, 1.165) is 49.7 Å². The van der Waals surface area contributed by atoms with Crippen LogP contribution in [0.15, 0.2) is 23.2 Å². The van der Waals surface area contributed by atoms with E-state index in [4.69, 9.17) is 0 Å². The van der Waals surface area contributed by atoms with Crippen LogP contribution in [0, 0.1) is 19.7 Å². The van der Waals surface area contributed by atoms with Crippen LogP contribution in [-0.2, 0) is 20.1 Å². The van der Waals surface area contributed by atoms with Crippen LogP contribution in [0.5, 0.6) is 0 Å². The third kappa shape index (κ3) is 6.31. The van der Waals surface area contributed by atoms with Crippen molar-refractivity contribution in [3.8, 4) is 0 Å². The lowest BCUT2D eigenvalue weighted by Crippen LogP contribution is -2.46. The second-order valence-corrected chi connectivity index (χ2v) is 7.76. The zero-order chi connectivity index (χ0) is 21.7. The molecular weight excluding hydrogens is 508 g/mol. The largest absolute Gasteiger partial charge is 0.367 e. The van der Waals surface area contributed by atoms with Gasteiger partial charge in [0.15, 0.2) is 5.96 Å². The number of halogens is 2. The minimum atomic E-state index is -0.163. The van der Waals surface area contributed by atoms with Crippen molar-refractivity contribution in [2.75, 3.05) is 44.7 Å². The first-order valence-electron chi connectivity index (χ1n) is 10.6. The first kappa shape index (κ1) is 25.4. The number of piperazine rings is 1. The molecule has 0 spiro atoms. The van der Waals surface area contributed by atoms with Gasteiger partial charge in [0.05, 0.1) is 11.4 Å². The van der Waals surface area contributed by atoms with Crippen molar-refractivity contribution < 1.29 is 4.39 Å². The van der Waals surface area contributed by atoms with Crippen molar-refractivity contribution in [3.05, 3.63) is 46.5 Å². The molecule has 1 aliphatic heterocycles. The van der Waals surface area contributed by atoms with Crippen LogP contribution in [0.3, 0.4) is 0 Å². The van der Waals surface area contributed by atoms with Crippen LogP contribution in [0.2, 0.25) is 0 Å². The van der Waals surface area contributed by atoms with E-state index in [2.05, 4.69) is 44.4 Å². The highest BCUT2D eigenvalue weighted by Gasteiger charge is 2.18. The van der Waals surface area contributed by atoms with Gasteiger partial charge >= 0.3 is 0 Å². The van der Waals surface area contributed by atoms with Crippen molar-refractivity contribution in [2.45, 2.75) is 33.9 Å². The van der Waals surface area contributed by atoms with Crippen LogP contribution in [-0.4, -0.2) is 60.4 Å². The highest BCUT2D eigenvalue weighted by molar-refractivity contribution is 14.0. The van der Waals surface area contributed by atoms with Crippen molar-refractivity contribution in [1.29, 1.82) is 0 Å². The number of benzene rings is 1. The number of anilines is 1. The number of aryl methyl sites for hydroxylation is 2. The van der Waals surface area contributed by atoms with E-state index >= 15 is 0 Å². The van der Waals surface area contributed by atoms with Gasteiger partial charge in [0.1, 0.15) is 5.82 Å². The Morgan fingerprint density at radius 3 is 2.35 bits per heavy atom. The van der Waals surface area contributed by atoms with E-state index in [0.29, 0.717) is 24.7 Å². The van der Waals surface area contributed by atoms with Crippen LogP contribution < -0.4 is 15.5 Å². The Morgan fingerprint density at radius 1 is 1.13 bits per heavy atom. The number of guanidine groups is 1. The average molecular weight is 543 g/mol. The Hall–Kier alpha value is -1.88. The second kappa shape index (κ2) is 11.7. The van der Waals surface area contributed by atoms with Gasteiger partial charge in [-0.3, -0.25) is 9.67 Å². The van der Waals surface area contributed by atoms with E-state index in [-0.39, 0.29) is 29.8 Å². The predicted octanol–water partition coefficient (Wildman–Crippen LogP) is 2.80. The maximum absolute atomic E-state index is 14.7. The minimum absolute atomic E-state index is 0. The zero-order valence-electron chi connectivity index (χ0n) is 19.2. The molecule has 1 saturated heterocycles. The van der Waals surface area contributed by atoms with Gasteiger partial charge < -0.3 is 20.4 Å². The van der Waals surface area contributed by atoms with Crippen molar-refractivity contribution in [1.82, 2.24) is 25.3 Å². The van der Waals surface area contributed by atoms with Crippen molar-refractivity contribution in [3.63, 3.8) is 0 Å². The molecule has 2 N–H and O–H groups in total. The van der Waals surface area contributed by atoms with Gasteiger partial charge in [0.2, 0.25) is 0 Å². The first-order valence-corrected chi connectivity index (χ1v) is 10.6. The van der Waals surface area contributed by atoms with Gasteiger partial charge in [0.25, 0.3) is 0 Å². The summed E-state index contributed by atoms with van der Waals surface area (Å²) >= 11 is 0. The van der Waals surface area contributed by atoms with Gasteiger partial charge in [-0.1, -0.05) is 13.0 Å². The normalized spacial score (nSPS) is 15.0. The third-order valence-electron chi connectivity index (χ3n) is 5.95. The van der Waals surface area contributed by atoms with Crippen LogP contribution in [0.25, 0.3) is 0 Å². The quantitative estimate of drug-likeness (QED) is 0.334. The predicted molar refractivity (Wildman–Crippen MR) is 136 cm³/mol. The number of aromatic nitrogens is 2. The molecule has 31 heavy (non-hydrogen) atoms. The summed E-state index contributed by atoms with van der Waals surface area (Å²) in [6.07, 6.45) is 0. The van der Waals surface area contributed by atoms with Crippen LogP contribution in [0.1, 0.15) is 29.4 Å². The van der Waals surface area contributed by atoms with E-state index < -0.39 is 0 Å². The maximum Gasteiger partial charge on any atom is 0.191 e. The molecule has 0 aliphatic carbocycles. The second-order valence-electron chi connectivity index (χ2n) is 7.76. The van der Waals surface area contributed by atoms with E-state index in [9.17, 15) is 4.39 Å². The Morgan fingerprint density at radius 2 is 1.81 bits per heavy atom. The number of hydrogen-bond acceptors (Lipinski definition) is 4. The zero-order valence-corrected chi connectivity index (χ0v) is 21.5. The summed E-state index contributed by atoms with van der Waals surface area (Å²) in [6.45, 7) is 12.1. The summed E-state index contributed by atoms with van der Waals surface area (Å²) in [5.74, 6) is 0.515. The molecular formula is C22H35FIN7. The molecule has 0 radical (unpaired) electrons. The van der Waals surface area contributed by atoms with Gasteiger partial charge in [-0.15, -0.1) is 24.0 Å². The lowest BCUT2D eigenvalue weighted by atomic mass is 10.1. The van der Waals surface area contributed by atoms with Gasteiger partial charge in [0, 0.05) is 64.6 Å². The molecule has 0 unspecified atom stereocenters. The number of aliphatic imine (C=N–C) groups is 1. The third-order valence-corrected chi connectivity index (χ3v) is 5.95. The molecule has 2 heterocycles. The number of nitrogens with one attached hydrogen (secondary N) is 2. The van der Waals surface area contributed by atoms with Crippen LogP contribution in [0.4, 0.5) is 10.1 Å². The Labute approximate surface area is 202 Å². The van der Waals surface area contributed by atoms with Crippen molar-refractivity contribution in [2.24, 2.45) is 12.0 Å². The number of hydrogen-bond donors (Lipinski definition) is 2. The molecule has 1 aromatic heterocycles. The van der Waals surface area contributed by atoms with Gasteiger partial charge in [-0.2, -0.15) is 5.10 Å². The summed E-state index contributed by atoms with van der Waals surface area (Å²) in [7, 11) is 3.68. The molecule has 0 amide bonds. The fourth-order valence-corrected chi connectivity index (χ4v) is 3.87. The van der Waals surface area contributed by atoms with E-state index in [1.807, 2.05) is 30.8 Å². The van der Waals surface area contributed by atoms with Crippen molar-refractivity contribution >= 4 is 35.6 Å². The lowest BCUT2D eigenvalue weighted by Gasteiger charge is -2.35. The van der Waals surface area contributed by atoms with Crippen LogP contribution >= 0.6 is 24.0 Å². The average Bonchev–Trinajstić information content (AvgIpc) is 2.99. The lowest BCUT2D eigenvalue weighted by molar-refractivity contribution is 0.270. The molecule has 172 valence electrons. The molecule has 1 fully saturated rings. The molecule has 0 saturated carbocycles. The molecule has 9 heteroatoms. The standard InChI is InChI=1S/C22H34FN7.HI/c1-6-29-9-11-30(12-10-29)21-8-7-18(13-20(21)23)14-25-22(24-4)26-15-19-16(2)27-28(5)17(19)3;/h7-8,13H,6,9-12,14-15H2,1-5H3,(H2,24,25,26);1H. The first-order chi connectivity index (χ1) is 14.4. The van der Waals surface area contributed by atoms with E-state index in [1.54, 1.807) is 13.1 Å². The summed E-state index contributed by atoms with van der Waals surface area (Å²) in [5.41, 5.74) is 4.89. The maximum atomic E-state index is 14.7. The summed E-state index contributed by atoms with van der Waals surface area (Å²) in [6, 6.07) is 5.50. The molecule has 2 aromatic rings. The monoisotopic (exact) mass is 543 g/mol. The SMILES string of the molecule is CCN1CCN(c2ccc(CNC(=NC)NCc3c(C)nn(C)c3C)cc2F)CC1.I. The Kier molecular flexibility index (Phi) is 9.54. The number of nitrogens with zero attached hydrogens (tertiary/aromatic N) is 5. The summed E-state index contributed by atoms with van der Waals surface area (Å²) in [5, 5.41) is 11.0. The van der Waals surface area contributed by atoms with E-state index in [1.165, 1.54) is 5.56 Å². The Balaban J connectivity index is 0.00000341. The molecule has 3 rings (SSSR count). The highest BCUT2D eigenvalue weighted by Crippen LogP contribution is 2.22.